The molecule has 4 aliphatic carbocycles. The lowest BCUT2D eigenvalue weighted by Crippen LogP contribution is -2.62. The van der Waals surface area contributed by atoms with Crippen LogP contribution in [0.2, 0.25) is 0 Å². The standard InChI is InChI=1S/C27H45NO3.CH4O3S/c1-17(29)20-8-9-21-19-7-6-18-14-24(30)23(28-12-13-31-25(2,3)16-28)15-27(18,5)22(19)10-11-26(20,21)4;1-5(2,3)4/h18-24,30H,6-16H2,1-5H3;1H3,(H,2,3,4)/t18-,19-,20+,21-,22-,23-,24-,26+,27-;/m0./s1. The Morgan fingerprint density at radius 2 is 1.64 bits per heavy atom. The van der Waals surface area contributed by atoms with Gasteiger partial charge in [-0.2, -0.15) is 8.42 Å². The number of fused-ring (bicyclic) bond motifs is 5. The molecule has 36 heavy (non-hydrogen) atoms. The average molecular weight is 528 g/mol. The Morgan fingerprint density at radius 3 is 2.25 bits per heavy atom. The molecule has 0 aromatic rings. The topological polar surface area (TPSA) is 104 Å². The molecular weight excluding hydrogens is 478 g/mol. The molecule has 4 saturated carbocycles. The van der Waals surface area contributed by atoms with Crippen molar-refractivity contribution in [3.63, 3.8) is 0 Å². The lowest BCUT2D eigenvalue weighted by Gasteiger charge is -2.63. The van der Waals surface area contributed by atoms with Gasteiger partial charge in [-0.25, -0.2) is 0 Å². The third kappa shape index (κ3) is 5.45. The van der Waals surface area contributed by atoms with Gasteiger partial charge in [0.05, 0.1) is 24.6 Å². The molecular formula is C28H49NO6S. The first-order chi connectivity index (χ1) is 16.6. The molecule has 5 aliphatic rings. The molecule has 1 saturated heterocycles. The van der Waals surface area contributed by atoms with E-state index in [0.29, 0.717) is 29.3 Å². The summed E-state index contributed by atoms with van der Waals surface area (Å²) in [6.45, 7) is 13.9. The first-order valence-electron chi connectivity index (χ1n) is 14.0. The van der Waals surface area contributed by atoms with E-state index in [2.05, 4.69) is 32.6 Å². The van der Waals surface area contributed by atoms with Crippen molar-refractivity contribution >= 4 is 15.9 Å². The van der Waals surface area contributed by atoms with E-state index < -0.39 is 10.1 Å². The highest BCUT2D eigenvalue weighted by Gasteiger charge is 2.62. The number of morpholine rings is 1. The average Bonchev–Trinajstić information content (AvgIpc) is 3.09. The van der Waals surface area contributed by atoms with E-state index in [1.807, 2.05) is 6.92 Å². The second-order valence-electron chi connectivity index (χ2n) is 13.8. The number of carbonyl (C=O) groups is 1. The van der Waals surface area contributed by atoms with Gasteiger partial charge in [0.15, 0.2) is 0 Å². The summed E-state index contributed by atoms with van der Waals surface area (Å²) in [5.74, 6) is 3.65. The number of ketones is 1. The molecule has 5 rings (SSSR count). The number of carbonyl (C=O) groups excluding carboxylic acids is 1. The van der Waals surface area contributed by atoms with Gasteiger partial charge in [-0.05, 0) is 107 Å². The van der Waals surface area contributed by atoms with Crippen molar-refractivity contribution in [2.45, 2.75) is 104 Å². The summed E-state index contributed by atoms with van der Waals surface area (Å²) >= 11 is 0. The zero-order valence-corrected chi connectivity index (χ0v) is 24.0. The zero-order chi connectivity index (χ0) is 26.7. The monoisotopic (exact) mass is 527 g/mol. The predicted molar refractivity (Wildman–Crippen MR) is 140 cm³/mol. The highest BCUT2D eigenvalue weighted by molar-refractivity contribution is 7.85. The normalized spacial score (nSPS) is 46.5. The maximum absolute atomic E-state index is 12.4. The SMILES string of the molecule is CC(=O)[C@H]1CC[C@H]2[C@@H]3CC[C@H]4C[C@H](O)[C@@H](N5CCOC(C)(C)C5)C[C@]4(C)[C@H]3CC[C@]12C.CS(=O)(=O)O. The molecule has 0 aromatic heterocycles. The number of rotatable bonds is 2. The van der Waals surface area contributed by atoms with Gasteiger partial charge in [0.2, 0.25) is 0 Å². The second-order valence-corrected chi connectivity index (χ2v) is 15.3. The molecule has 0 radical (unpaired) electrons. The number of aliphatic hydroxyl groups is 1. The number of hydrogen-bond acceptors (Lipinski definition) is 6. The van der Waals surface area contributed by atoms with E-state index in [4.69, 9.17) is 9.29 Å². The molecule has 0 spiro atoms. The highest BCUT2D eigenvalue weighted by atomic mass is 32.2. The van der Waals surface area contributed by atoms with Gasteiger partial charge in [0, 0.05) is 25.0 Å². The number of nitrogens with zero attached hydrogens (tertiary/aromatic N) is 1. The van der Waals surface area contributed by atoms with Crippen LogP contribution in [-0.2, 0) is 19.6 Å². The Balaban J connectivity index is 0.000000556. The quantitative estimate of drug-likeness (QED) is 0.519. The molecule has 5 fully saturated rings. The van der Waals surface area contributed by atoms with Crippen LogP contribution in [-0.4, -0.2) is 72.5 Å². The Labute approximate surface area is 218 Å². The Hall–Kier alpha value is -0.540. The van der Waals surface area contributed by atoms with Gasteiger partial charge in [-0.15, -0.1) is 0 Å². The van der Waals surface area contributed by atoms with Crippen LogP contribution in [0.5, 0.6) is 0 Å². The third-order valence-corrected chi connectivity index (χ3v) is 11.1. The summed E-state index contributed by atoms with van der Waals surface area (Å²) in [6.07, 6.45) is 10.1. The smallest absolute Gasteiger partial charge is 0.261 e. The maximum Gasteiger partial charge on any atom is 0.261 e. The van der Waals surface area contributed by atoms with Crippen LogP contribution < -0.4 is 0 Å². The molecule has 208 valence electrons. The van der Waals surface area contributed by atoms with Gasteiger partial charge in [0.1, 0.15) is 5.78 Å². The molecule has 0 aromatic carbocycles. The molecule has 0 amide bonds. The molecule has 9 atom stereocenters. The summed E-state index contributed by atoms with van der Waals surface area (Å²) in [5.41, 5.74) is 0.436. The van der Waals surface area contributed by atoms with Crippen LogP contribution in [0.25, 0.3) is 0 Å². The van der Waals surface area contributed by atoms with Gasteiger partial charge >= 0.3 is 0 Å². The fourth-order valence-electron chi connectivity index (χ4n) is 9.65. The van der Waals surface area contributed by atoms with E-state index in [0.717, 1.165) is 56.7 Å². The first-order valence-corrected chi connectivity index (χ1v) is 15.9. The summed E-state index contributed by atoms with van der Waals surface area (Å²) in [6, 6.07) is 0.269. The van der Waals surface area contributed by atoms with Crippen LogP contribution in [0.4, 0.5) is 0 Å². The molecule has 1 aliphatic heterocycles. The molecule has 0 bridgehead atoms. The lowest BCUT2D eigenvalue weighted by molar-refractivity contribution is -0.169. The summed E-state index contributed by atoms with van der Waals surface area (Å²) < 4.78 is 31.8. The minimum Gasteiger partial charge on any atom is -0.391 e. The Bertz CT molecular complexity index is 928. The van der Waals surface area contributed by atoms with Crippen molar-refractivity contribution in [1.29, 1.82) is 0 Å². The summed E-state index contributed by atoms with van der Waals surface area (Å²) in [5, 5.41) is 11.2. The number of Topliss-reactive ketones (excluding diaryl/α,β-unsaturated/α-hetero) is 1. The highest BCUT2D eigenvalue weighted by Crippen LogP contribution is 2.67. The van der Waals surface area contributed by atoms with Crippen molar-refractivity contribution in [2.24, 2.45) is 40.4 Å². The van der Waals surface area contributed by atoms with Crippen molar-refractivity contribution in [3.8, 4) is 0 Å². The van der Waals surface area contributed by atoms with Crippen LogP contribution in [0.3, 0.4) is 0 Å². The third-order valence-electron chi connectivity index (χ3n) is 11.1. The minimum atomic E-state index is -3.67. The van der Waals surface area contributed by atoms with Crippen LogP contribution in [0.1, 0.15) is 86.0 Å². The first kappa shape index (κ1) is 28.5. The van der Waals surface area contributed by atoms with Gasteiger partial charge in [0.25, 0.3) is 10.1 Å². The summed E-state index contributed by atoms with van der Waals surface area (Å²) in [4.78, 5) is 15.0. The Morgan fingerprint density at radius 1 is 1.00 bits per heavy atom. The van der Waals surface area contributed by atoms with Crippen molar-refractivity contribution < 1.29 is 27.6 Å². The molecule has 1 heterocycles. The van der Waals surface area contributed by atoms with E-state index in [-0.39, 0.29) is 23.2 Å². The van der Waals surface area contributed by atoms with Crippen LogP contribution >= 0.6 is 0 Å². The van der Waals surface area contributed by atoms with E-state index in [1.165, 1.54) is 32.1 Å². The molecule has 8 heteroatoms. The Kier molecular flexibility index (Phi) is 7.82. The zero-order valence-electron chi connectivity index (χ0n) is 23.2. The van der Waals surface area contributed by atoms with Crippen molar-refractivity contribution in [3.05, 3.63) is 0 Å². The lowest BCUT2D eigenvalue weighted by atomic mass is 9.44. The minimum absolute atomic E-state index is 0.122. The van der Waals surface area contributed by atoms with Crippen LogP contribution in [0.15, 0.2) is 0 Å². The number of aliphatic hydroxyl groups excluding tert-OH is 1. The summed E-state index contributed by atoms with van der Waals surface area (Å²) in [7, 11) is -3.67. The van der Waals surface area contributed by atoms with Gasteiger partial charge in [-0.1, -0.05) is 13.8 Å². The number of ether oxygens (including phenoxy) is 1. The fraction of sp³-hybridized carbons (Fsp3) is 0.964. The molecule has 2 N–H and O–H groups in total. The van der Waals surface area contributed by atoms with Crippen molar-refractivity contribution in [2.75, 3.05) is 26.0 Å². The molecule has 0 unspecified atom stereocenters. The number of hydrogen-bond donors (Lipinski definition) is 2. The fourth-order valence-corrected chi connectivity index (χ4v) is 9.65. The van der Waals surface area contributed by atoms with Gasteiger partial charge in [-0.3, -0.25) is 14.2 Å². The van der Waals surface area contributed by atoms with E-state index >= 15 is 0 Å². The predicted octanol–water partition coefficient (Wildman–Crippen LogP) is 4.19. The maximum atomic E-state index is 12.4. The van der Waals surface area contributed by atoms with E-state index in [9.17, 15) is 18.3 Å². The van der Waals surface area contributed by atoms with Crippen molar-refractivity contribution in [1.82, 2.24) is 4.90 Å². The second kappa shape index (κ2) is 9.89. The molecule has 7 nitrogen and oxygen atoms in total. The van der Waals surface area contributed by atoms with E-state index in [1.54, 1.807) is 0 Å². The largest absolute Gasteiger partial charge is 0.391 e. The van der Waals surface area contributed by atoms with Gasteiger partial charge < -0.3 is 9.84 Å². The van der Waals surface area contributed by atoms with Crippen LogP contribution in [0, 0.1) is 40.4 Å².